The van der Waals surface area contributed by atoms with Gasteiger partial charge >= 0.3 is 25.7 Å². The van der Waals surface area contributed by atoms with E-state index < -0.39 is 51.1 Å². The Kier molecular flexibility index (Phi) is 40.0. The molecule has 11 nitrogen and oxygen atoms in total. The van der Waals surface area contributed by atoms with Crippen LogP contribution >= 0.6 is 7.82 Å². The van der Waals surface area contributed by atoms with Gasteiger partial charge in [-0.15, -0.1) is 0 Å². The summed E-state index contributed by atoms with van der Waals surface area (Å²) in [6, 6.07) is -1.53. The molecule has 0 radical (unpaired) electrons. The molecule has 0 aromatic heterocycles. The standard InChI is InChI=1S/C48H80NO10P/c1-3-5-7-9-11-13-15-17-19-21-22-24-26-28-30-32-34-36-38-40-47(51)59-44(42-57-60(54,55)58-43-45(49)48(52)53)41-56-46(50)39-37-35-33-31-29-27-25-23-20-18-16-14-12-10-8-6-4-2/h5,7,11-14,17-20,22,24,28,30,44-45H,3-4,6,8-10,15-16,21,23,25-27,29,31-43,49H2,1-2H3,(H,52,53)(H,54,55)/b7-5-,13-11-,14-12-,19-17-,20-18-,24-22-,30-28-/t44-,45+/m1/s1. The number of rotatable bonds is 41. The van der Waals surface area contributed by atoms with Crippen LogP contribution in [0.3, 0.4) is 0 Å². The molecule has 1 unspecified atom stereocenters. The summed E-state index contributed by atoms with van der Waals surface area (Å²) in [6.45, 7) is 2.61. The molecule has 0 heterocycles. The molecule has 0 aliphatic carbocycles. The number of carbonyl (C=O) groups excluding carboxylic acids is 2. The van der Waals surface area contributed by atoms with Crippen molar-refractivity contribution < 1.29 is 47.5 Å². The summed E-state index contributed by atoms with van der Waals surface area (Å²) in [5, 5.41) is 8.90. The minimum atomic E-state index is -4.73. The highest BCUT2D eigenvalue weighted by Crippen LogP contribution is 2.43. The third-order valence-corrected chi connectivity index (χ3v) is 10.1. The first-order valence-corrected chi connectivity index (χ1v) is 24.1. The molecule has 0 aromatic carbocycles. The number of aliphatic carboxylic acids is 1. The third kappa shape index (κ3) is 41.4. The van der Waals surface area contributed by atoms with Crippen LogP contribution in [0.2, 0.25) is 0 Å². The number of phosphoric acid groups is 1. The SMILES string of the molecule is CC/C=C\C/C=C\C/C=C\C/C=C\C/C=C\CCCCCC(=O)O[C@H](COC(=O)CCCCCCCCC/C=C\C/C=C\CCCCC)COP(=O)(O)OC[C@H](N)C(=O)O. The van der Waals surface area contributed by atoms with Gasteiger partial charge in [0.1, 0.15) is 12.6 Å². The molecule has 3 atom stereocenters. The lowest BCUT2D eigenvalue weighted by Crippen LogP contribution is -2.34. The smallest absolute Gasteiger partial charge is 0.472 e. The van der Waals surface area contributed by atoms with Gasteiger partial charge in [0, 0.05) is 12.8 Å². The molecular formula is C48H80NO10P. The van der Waals surface area contributed by atoms with Crippen molar-refractivity contribution in [2.45, 2.75) is 180 Å². The zero-order valence-corrected chi connectivity index (χ0v) is 37.9. The molecule has 0 rings (SSSR count). The molecule has 342 valence electrons. The monoisotopic (exact) mass is 862 g/mol. The van der Waals surface area contributed by atoms with E-state index in [1.807, 2.05) is 0 Å². The predicted octanol–water partition coefficient (Wildman–Crippen LogP) is 12.3. The average molecular weight is 862 g/mol. The minimum absolute atomic E-state index is 0.115. The number of hydrogen-bond acceptors (Lipinski definition) is 9. The van der Waals surface area contributed by atoms with Crippen molar-refractivity contribution in [3.05, 3.63) is 85.1 Å². The number of allylic oxidation sites excluding steroid dienone is 14. The molecule has 60 heavy (non-hydrogen) atoms. The number of carbonyl (C=O) groups is 3. The van der Waals surface area contributed by atoms with Crippen LogP contribution in [0.1, 0.15) is 168 Å². The summed E-state index contributed by atoms with van der Waals surface area (Å²) in [5.74, 6) is -2.44. The third-order valence-electron chi connectivity index (χ3n) is 9.13. The topological polar surface area (TPSA) is 172 Å². The molecule has 0 aliphatic rings. The molecule has 0 bridgehead atoms. The van der Waals surface area contributed by atoms with Gasteiger partial charge in [-0.2, -0.15) is 0 Å². The molecule has 0 spiro atoms. The maximum absolute atomic E-state index is 12.6. The number of carboxylic acids is 1. The summed E-state index contributed by atoms with van der Waals surface area (Å²) >= 11 is 0. The van der Waals surface area contributed by atoms with Gasteiger partial charge in [0.05, 0.1) is 13.2 Å². The van der Waals surface area contributed by atoms with Gasteiger partial charge in [-0.05, 0) is 89.9 Å². The van der Waals surface area contributed by atoms with Crippen molar-refractivity contribution in [2.75, 3.05) is 19.8 Å². The van der Waals surface area contributed by atoms with E-state index in [1.165, 1.54) is 38.5 Å². The highest BCUT2D eigenvalue weighted by atomic mass is 31.2. The molecule has 0 amide bonds. The van der Waals surface area contributed by atoms with E-state index in [-0.39, 0.29) is 19.4 Å². The lowest BCUT2D eigenvalue weighted by molar-refractivity contribution is -0.161. The van der Waals surface area contributed by atoms with Crippen LogP contribution in [-0.2, 0) is 37.5 Å². The number of ether oxygens (including phenoxy) is 2. The van der Waals surface area contributed by atoms with Crippen molar-refractivity contribution in [3.63, 3.8) is 0 Å². The van der Waals surface area contributed by atoms with Crippen molar-refractivity contribution in [3.8, 4) is 0 Å². The van der Waals surface area contributed by atoms with E-state index in [0.29, 0.717) is 12.8 Å². The van der Waals surface area contributed by atoms with Gasteiger partial charge in [0.15, 0.2) is 6.10 Å². The highest BCUT2D eigenvalue weighted by molar-refractivity contribution is 7.47. The summed E-state index contributed by atoms with van der Waals surface area (Å²) in [7, 11) is -4.73. The van der Waals surface area contributed by atoms with E-state index in [4.69, 9.17) is 24.8 Å². The first-order valence-electron chi connectivity index (χ1n) is 22.6. The Hall–Kier alpha value is -3.34. The van der Waals surface area contributed by atoms with Crippen LogP contribution in [0.4, 0.5) is 0 Å². The van der Waals surface area contributed by atoms with Crippen molar-refractivity contribution in [1.82, 2.24) is 0 Å². The molecule has 0 aromatic rings. The Morgan fingerprint density at radius 1 is 0.533 bits per heavy atom. The second-order valence-corrected chi connectivity index (χ2v) is 16.2. The zero-order valence-electron chi connectivity index (χ0n) is 37.0. The van der Waals surface area contributed by atoms with Gasteiger partial charge in [0.2, 0.25) is 0 Å². The van der Waals surface area contributed by atoms with Crippen molar-refractivity contribution in [2.24, 2.45) is 5.73 Å². The Labute approximate surface area is 362 Å². The van der Waals surface area contributed by atoms with E-state index in [9.17, 15) is 23.8 Å². The normalized spacial score (nSPS) is 14.5. The second-order valence-electron chi connectivity index (χ2n) is 14.8. The Balaban J connectivity index is 4.44. The summed E-state index contributed by atoms with van der Waals surface area (Å²) in [4.78, 5) is 46.0. The fraction of sp³-hybridized carbons (Fsp3) is 0.646. The maximum Gasteiger partial charge on any atom is 0.472 e. The molecule has 0 saturated heterocycles. The van der Waals surface area contributed by atoms with Gasteiger partial charge in [0.25, 0.3) is 0 Å². The number of carboxylic acid groups (broad SMARTS) is 1. The lowest BCUT2D eigenvalue weighted by Gasteiger charge is -2.20. The first kappa shape index (κ1) is 56.7. The van der Waals surface area contributed by atoms with Crippen LogP contribution in [0, 0.1) is 0 Å². The molecule has 12 heteroatoms. The minimum Gasteiger partial charge on any atom is -0.480 e. The average Bonchev–Trinajstić information content (AvgIpc) is 3.22. The van der Waals surface area contributed by atoms with Crippen LogP contribution < -0.4 is 5.73 Å². The molecular weight excluding hydrogens is 781 g/mol. The van der Waals surface area contributed by atoms with Crippen LogP contribution in [0.5, 0.6) is 0 Å². The van der Waals surface area contributed by atoms with E-state index in [1.54, 1.807) is 0 Å². The number of phosphoric ester groups is 1. The molecule has 4 N–H and O–H groups in total. The maximum atomic E-state index is 12.6. The quantitative estimate of drug-likeness (QED) is 0.0231. The van der Waals surface area contributed by atoms with Crippen molar-refractivity contribution in [1.29, 1.82) is 0 Å². The first-order chi connectivity index (χ1) is 29.1. The zero-order chi connectivity index (χ0) is 44.2. The van der Waals surface area contributed by atoms with E-state index in [0.717, 1.165) is 89.9 Å². The van der Waals surface area contributed by atoms with Crippen LogP contribution in [-0.4, -0.2) is 59.9 Å². The Morgan fingerprint density at radius 2 is 0.933 bits per heavy atom. The fourth-order valence-corrected chi connectivity index (χ4v) is 6.37. The number of hydrogen-bond donors (Lipinski definition) is 3. The van der Waals surface area contributed by atoms with Crippen LogP contribution in [0.15, 0.2) is 85.1 Å². The lowest BCUT2D eigenvalue weighted by atomic mass is 10.1. The fourth-order valence-electron chi connectivity index (χ4n) is 5.59. The van der Waals surface area contributed by atoms with Gasteiger partial charge in [-0.1, -0.05) is 150 Å². The molecule has 0 saturated carbocycles. The predicted molar refractivity (Wildman–Crippen MR) is 244 cm³/mol. The van der Waals surface area contributed by atoms with E-state index >= 15 is 0 Å². The number of unbranched alkanes of at least 4 members (excludes halogenated alkanes) is 13. The largest absolute Gasteiger partial charge is 0.480 e. The van der Waals surface area contributed by atoms with Gasteiger partial charge in [-0.25, -0.2) is 4.57 Å². The highest BCUT2D eigenvalue weighted by Gasteiger charge is 2.28. The second kappa shape index (κ2) is 42.4. The van der Waals surface area contributed by atoms with Crippen molar-refractivity contribution >= 4 is 25.7 Å². The van der Waals surface area contributed by atoms with Gasteiger partial charge < -0.3 is 25.2 Å². The molecule has 0 aliphatic heterocycles. The molecule has 0 fully saturated rings. The summed E-state index contributed by atoms with van der Waals surface area (Å²) in [6.07, 6.45) is 52.1. The summed E-state index contributed by atoms with van der Waals surface area (Å²) < 4.78 is 32.7. The van der Waals surface area contributed by atoms with Crippen LogP contribution in [0.25, 0.3) is 0 Å². The van der Waals surface area contributed by atoms with Gasteiger partial charge in [-0.3, -0.25) is 23.4 Å². The van der Waals surface area contributed by atoms with E-state index in [2.05, 4.69) is 103 Å². The summed E-state index contributed by atoms with van der Waals surface area (Å²) in [5.41, 5.74) is 5.33. The number of nitrogens with two attached hydrogens (primary N) is 1. The Bertz CT molecular complexity index is 1340. The number of esters is 2. The Morgan fingerprint density at radius 3 is 1.42 bits per heavy atom.